The summed E-state index contributed by atoms with van der Waals surface area (Å²) in [5.74, 6) is 0.818. The number of hydrogen-bond donors (Lipinski definition) is 1. The topological polar surface area (TPSA) is 38.3 Å². The van der Waals surface area contributed by atoms with Gasteiger partial charge in [-0.15, -0.1) is 0 Å². The Morgan fingerprint density at radius 3 is 2.65 bits per heavy atom. The zero-order valence-corrected chi connectivity index (χ0v) is 14.6. The molecular weight excluding hydrogens is 333 g/mol. The molecule has 0 aromatic heterocycles. The molecule has 0 radical (unpaired) electrons. The van der Waals surface area contributed by atoms with E-state index in [4.69, 9.17) is 27.9 Å². The number of ether oxygens (including phenoxy) is 1. The van der Waals surface area contributed by atoms with Crippen molar-refractivity contribution in [2.75, 3.05) is 11.9 Å². The SMILES string of the molecule is CCC(C)c1ccccc1OCC(=O)Nc1cccc(Cl)c1Cl. The second-order valence-electron chi connectivity index (χ2n) is 5.29. The van der Waals surface area contributed by atoms with E-state index >= 15 is 0 Å². The molecule has 1 N–H and O–H groups in total. The van der Waals surface area contributed by atoms with Crippen LogP contribution < -0.4 is 10.1 Å². The van der Waals surface area contributed by atoms with E-state index in [9.17, 15) is 4.79 Å². The van der Waals surface area contributed by atoms with Crippen LogP contribution in [0.5, 0.6) is 5.75 Å². The highest BCUT2D eigenvalue weighted by atomic mass is 35.5. The quantitative estimate of drug-likeness (QED) is 0.743. The predicted molar refractivity (Wildman–Crippen MR) is 95.7 cm³/mol. The molecule has 0 aliphatic heterocycles. The van der Waals surface area contributed by atoms with Crippen molar-refractivity contribution >= 4 is 34.8 Å². The van der Waals surface area contributed by atoms with E-state index in [-0.39, 0.29) is 12.5 Å². The molecule has 0 bridgehead atoms. The Kier molecular flexibility index (Phi) is 6.31. The van der Waals surface area contributed by atoms with E-state index in [1.807, 2.05) is 24.3 Å². The number of halogens is 2. The lowest BCUT2D eigenvalue weighted by Crippen LogP contribution is -2.20. The number of nitrogens with one attached hydrogen (secondary N) is 1. The third-order valence-corrected chi connectivity index (χ3v) is 4.47. The van der Waals surface area contributed by atoms with E-state index in [0.717, 1.165) is 17.7 Å². The first-order chi connectivity index (χ1) is 11.0. The Bertz CT molecular complexity index is 688. The average Bonchev–Trinajstić information content (AvgIpc) is 2.56. The summed E-state index contributed by atoms with van der Waals surface area (Å²) in [5.41, 5.74) is 1.58. The van der Waals surface area contributed by atoms with Gasteiger partial charge >= 0.3 is 0 Å². The molecule has 1 amide bonds. The normalized spacial score (nSPS) is 11.8. The van der Waals surface area contributed by atoms with Crippen LogP contribution >= 0.6 is 23.2 Å². The third kappa shape index (κ3) is 4.63. The van der Waals surface area contributed by atoms with Crippen molar-refractivity contribution in [1.82, 2.24) is 0 Å². The van der Waals surface area contributed by atoms with Crippen LogP contribution in [0.4, 0.5) is 5.69 Å². The molecule has 0 spiro atoms. The maximum Gasteiger partial charge on any atom is 0.262 e. The maximum atomic E-state index is 12.1. The smallest absolute Gasteiger partial charge is 0.262 e. The van der Waals surface area contributed by atoms with Gasteiger partial charge in [0.1, 0.15) is 5.75 Å². The van der Waals surface area contributed by atoms with Gasteiger partial charge in [-0.25, -0.2) is 0 Å². The van der Waals surface area contributed by atoms with Crippen LogP contribution in [0.25, 0.3) is 0 Å². The van der Waals surface area contributed by atoms with E-state index in [1.165, 1.54) is 0 Å². The average molecular weight is 352 g/mol. The minimum Gasteiger partial charge on any atom is -0.483 e. The lowest BCUT2D eigenvalue weighted by molar-refractivity contribution is -0.118. The summed E-state index contributed by atoms with van der Waals surface area (Å²) >= 11 is 12.0. The lowest BCUT2D eigenvalue weighted by Gasteiger charge is -2.15. The highest BCUT2D eigenvalue weighted by Gasteiger charge is 2.12. The predicted octanol–water partition coefficient (Wildman–Crippen LogP) is 5.52. The highest BCUT2D eigenvalue weighted by molar-refractivity contribution is 6.43. The van der Waals surface area contributed by atoms with Gasteiger partial charge in [-0.3, -0.25) is 4.79 Å². The highest BCUT2D eigenvalue weighted by Crippen LogP contribution is 2.30. The Morgan fingerprint density at radius 2 is 1.91 bits per heavy atom. The van der Waals surface area contributed by atoms with Gasteiger partial charge in [-0.05, 0) is 36.1 Å². The maximum absolute atomic E-state index is 12.1. The van der Waals surface area contributed by atoms with Crippen molar-refractivity contribution in [3.63, 3.8) is 0 Å². The fourth-order valence-corrected chi connectivity index (χ4v) is 2.52. The molecule has 122 valence electrons. The summed E-state index contributed by atoms with van der Waals surface area (Å²) in [7, 11) is 0. The summed E-state index contributed by atoms with van der Waals surface area (Å²) in [6.45, 7) is 4.17. The molecule has 3 nitrogen and oxygen atoms in total. The monoisotopic (exact) mass is 351 g/mol. The Hall–Kier alpha value is -1.71. The molecule has 0 aliphatic rings. The van der Waals surface area contributed by atoms with Crippen molar-refractivity contribution in [2.45, 2.75) is 26.2 Å². The molecule has 2 rings (SSSR count). The van der Waals surface area contributed by atoms with E-state index < -0.39 is 0 Å². The molecule has 0 aliphatic carbocycles. The van der Waals surface area contributed by atoms with Crippen LogP contribution in [0.15, 0.2) is 42.5 Å². The fourth-order valence-electron chi connectivity index (χ4n) is 2.17. The van der Waals surface area contributed by atoms with Gasteiger partial charge in [-0.2, -0.15) is 0 Å². The van der Waals surface area contributed by atoms with Crippen LogP contribution in [-0.2, 0) is 4.79 Å². The second kappa shape index (κ2) is 8.23. The van der Waals surface area contributed by atoms with Gasteiger partial charge in [0.2, 0.25) is 0 Å². The number of hydrogen-bond acceptors (Lipinski definition) is 2. The summed E-state index contributed by atoms with van der Waals surface area (Å²) in [6.07, 6.45) is 1.00. The van der Waals surface area contributed by atoms with E-state index in [0.29, 0.717) is 21.7 Å². The molecule has 5 heteroatoms. The van der Waals surface area contributed by atoms with Crippen molar-refractivity contribution in [2.24, 2.45) is 0 Å². The van der Waals surface area contributed by atoms with Crippen molar-refractivity contribution in [1.29, 1.82) is 0 Å². The van der Waals surface area contributed by atoms with Gasteiger partial charge in [0.05, 0.1) is 15.7 Å². The van der Waals surface area contributed by atoms with Crippen LogP contribution in [0, 0.1) is 0 Å². The third-order valence-electron chi connectivity index (χ3n) is 3.65. The summed E-state index contributed by atoms with van der Waals surface area (Å²) in [6, 6.07) is 12.9. The van der Waals surface area contributed by atoms with Gasteiger partial charge in [0, 0.05) is 0 Å². The van der Waals surface area contributed by atoms with Gasteiger partial charge < -0.3 is 10.1 Å². The van der Waals surface area contributed by atoms with Crippen LogP contribution in [-0.4, -0.2) is 12.5 Å². The first kappa shape index (κ1) is 17.6. The second-order valence-corrected chi connectivity index (χ2v) is 6.07. The molecule has 23 heavy (non-hydrogen) atoms. The Labute approximate surface area is 146 Å². The Morgan fingerprint density at radius 1 is 1.17 bits per heavy atom. The number of rotatable bonds is 6. The van der Waals surface area contributed by atoms with Gasteiger partial charge in [-0.1, -0.05) is 61.3 Å². The fraction of sp³-hybridized carbons (Fsp3) is 0.278. The summed E-state index contributed by atoms with van der Waals surface area (Å²) in [5, 5.41) is 3.42. The largest absolute Gasteiger partial charge is 0.483 e. The molecule has 1 atom stereocenters. The molecule has 2 aromatic carbocycles. The molecular formula is C18H19Cl2NO2. The number of benzene rings is 2. The van der Waals surface area contributed by atoms with Gasteiger partial charge in [0.25, 0.3) is 5.91 Å². The number of carbonyl (C=O) groups excluding carboxylic acids is 1. The standard InChI is InChI=1S/C18H19Cl2NO2/c1-3-12(2)13-7-4-5-10-16(13)23-11-17(22)21-15-9-6-8-14(19)18(15)20/h4-10,12H,3,11H2,1-2H3,(H,21,22). The molecule has 0 saturated heterocycles. The van der Waals surface area contributed by atoms with Crippen LogP contribution in [0.1, 0.15) is 31.7 Å². The minimum atomic E-state index is -0.284. The molecule has 0 heterocycles. The Balaban J connectivity index is 2.01. The van der Waals surface area contributed by atoms with Crippen LogP contribution in [0.2, 0.25) is 10.0 Å². The number of para-hydroxylation sites is 1. The molecule has 0 saturated carbocycles. The number of amides is 1. The summed E-state index contributed by atoms with van der Waals surface area (Å²) < 4.78 is 5.68. The van der Waals surface area contributed by atoms with Gasteiger partial charge in [0.15, 0.2) is 6.61 Å². The minimum absolute atomic E-state index is 0.0870. The van der Waals surface area contributed by atoms with Crippen molar-refractivity contribution < 1.29 is 9.53 Å². The zero-order chi connectivity index (χ0) is 16.8. The van der Waals surface area contributed by atoms with Crippen molar-refractivity contribution in [3.05, 3.63) is 58.1 Å². The van der Waals surface area contributed by atoms with E-state index in [2.05, 4.69) is 19.2 Å². The summed E-state index contributed by atoms with van der Waals surface area (Å²) in [4.78, 5) is 12.1. The van der Waals surface area contributed by atoms with Crippen LogP contribution in [0.3, 0.4) is 0 Å². The molecule has 1 unspecified atom stereocenters. The molecule has 2 aromatic rings. The van der Waals surface area contributed by atoms with E-state index in [1.54, 1.807) is 18.2 Å². The number of anilines is 1. The molecule has 0 fully saturated rings. The zero-order valence-electron chi connectivity index (χ0n) is 13.1. The first-order valence-corrected chi connectivity index (χ1v) is 8.24. The first-order valence-electron chi connectivity index (χ1n) is 7.48. The number of carbonyl (C=O) groups is 1. The van der Waals surface area contributed by atoms with Crippen molar-refractivity contribution in [3.8, 4) is 5.75 Å². The lowest BCUT2D eigenvalue weighted by atomic mass is 9.98.